The van der Waals surface area contributed by atoms with Crippen LogP contribution in [0.25, 0.3) is 33.3 Å². The zero-order valence-electron chi connectivity index (χ0n) is 17.9. The van der Waals surface area contributed by atoms with Gasteiger partial charge in [-0.1, -0.05) is 32.9 Å². The molecule has 0 spiro atoms. The van der Waals surface area contributed by atoms with Crippen LogP contribution in [0.3, 0.4) is 0 Å². The van der Waals surface area contributed by atoms with E-state index in [0.717, 1.165) is 33.2 Å². The van der Waals surface area contributed by atoms with E-state index in [1.54, 1.807) is 6.20 Å². The van der Waals surface area contributed by atoms with Crippen LogP contribution in [0.15, 0.2) is 53.2 Å². The van der Waals surface area contributed by atoms with Gasteiger partial charge in [-0.2, -0.15) is 0 Å². The highest BCUT2D eigenvalue weighted by Crippen LogP contribution is 2.36. The Hall–Kier alpha value is -2.68. The van der Waals surface area contributed by atoms with E-state index in [0.29, 0.717) is 11.3 Å². The van der Waals surface area contributed by atoms with Crippen LogP contribution in [-0.4, -0.2) is 4.98 Å². The highest BCUT2D eigenvalue weighted by Gasteiger charge is 2.22. The van der Waals surface area contributed by atoms with E-state index in [2.05, 4.69) is 24.0 Å². The zero-order chi connectivity index (χ0) is 20.3. The number of rotatable bonds is 2. The molecule has 0 amide bonds. The number of hydrogen-bond donors (Lipinski definition) is 0. The molecule has 0 radical (unpaired) electrons. The van der Waals surface area contributed by atoms with E-state index >= 15 is 0 Å². The minimum atomic E-state index is -1.47. The Morgan fingerprint density at radius 3 is 2.73 bits per heavy atom. The molecule has 0 aliphatic heterocycles. The standard InChI is InChI=1S/C23H25N2O/c1-15-8-9-17-18-7-6-11-24-22(18)26-21(17)20(15)19-13-16(10-12-25(19)5)14-23(2,3)4/h6-13H,14H2,1-5H3/q+1/i14D2. The van der Waals surface area contributed by atoms with Crippen molar-refractivity contribution >= 4 is 22.1 Å². The number of hydrogen-bond acceptors (Lipinski definition) is 2. The average Bonchev–Trinajstić information content (AvgIpc) is 3.00. The first-order chi connectivity index (χ1) is 13.1. The predicted molar refractivity (Wildman–Crippen MR) is 106 cm³/mol. The van der Waals surface area contributed by atoms with Crippen LogP contribution in [0.2, 0.25) is 0 Å². The molecule has 0 saturated carbocycles. The summed E-state index contributed by atoms with van der Waals surface area (Å²) >= 11 is 0. The fourth-order valence-electron chi connectivity index (χ4n) is 3.42. The molecular formula is C23H25N2O+. The van der Waals surface area contributed by atoms with Crippen molar-refractivity contribution in [2.45, 2.75) is 34.1 Å². The van der Waals surface area contributed by atoms with Crippen molar-refractivity contribution in [3.05, 3.63) is 59.9 Å². The number of fused-ring (bicyclic) bond motifs is 3. The summed E-state index contributed by atoms with van der Waals surface area (Å²) in [6, 6.07) is 11.9. The minimum absolute atomic E-state index is 0.519. The van der Waals surface area contributed by atoms with Crippen molar-refractivity contribution in [1.29, 1.82) is 0 Å². The summed E-state index contributed by atoms with van der Waals surface area (Å²) in [6.45, 7) is 7.84. The van der Waals surface area contributed by atoms with E-state index in [4.69, 9.17) is 7.16 Å². The topological polar surface area (TPSA) is 29.9 Å². The van der Waals surface area contributed by atoms with Gasteiger partial charge in [0.1, 0.15) is 7.05 Å². The number of furan rings is 1. The molecule has 0 bridgehead atoms. The molecule has 0 saturated heterocycles. The summed E-state index contributed by atoms with van der Waals surface area (Å²) in [7, 11) is 1.98. The smallest absolute Gasteiger partial charge is 0.227 e. The van der Waals surface area contributed by atoms with Gasteiger partial charge < -0.3 is 4.42 Å². The van der Waals surface area contributed by atoms with Crippen molar-refractivity contribution in [3.63, 3.8) is 0 Å². The molecule has 0 aliphatic carbocycles. The summed E-state index contributed by atoms with van der Waals surface area (Å²) in [4.78, 5) is 4.36. The quantitative estimate of drug-likeness (QED) is 0.456. The van der Waals surface area contributed by atoms with Crippen molar-refractivity contribution in [2.24, 2.45) is 12.5 Å². The van der Waals surface area contributed by atoms with Crippen LogP contribution < -0.4 is 4.57 Å². The Kier molecular flexibility index (Phi) is 3.31. The van der Waals surface area contributed by atoms with Crippen LogP contribution in [0, 0.1) is 12.3 Å². The first-order valence-electron chi connectivity index (χ1n) is 9.88. The Morgan fingerprint density at radius 1 is 1.15 bits per heavy atom. The molecule has 132 valence electrons. The maximum Gasteiger partial charge on any atom is 0.227 e. The first kappa shape index (κ1) is 14.5. The third-order valence-electron chi connectivity index (χ3n) is 4.55. The van der Waals surface area contributed by atoms with Gasteiger partial charge in [-0.25, -0.2) is 9.55 Å². The maximum atomic E-state index is 8.68. The Labute approximate surface area is 157 Å². The second-order valence-corrected chi connectivity index (χ2v) is 7.88. The number of aryl methyl sites for hydroxylation is 2. The van der Waals surface area contributed by atoms with Gasteiger partial charge in [0.25, 0.3) is 0 Å². The molecule has 3 aromatic heterocycles. The third kappa shape index (κ3) is 2.88. The highest BCUT2D eigenvalue weighted by molar-refractivity contribution is 6.08. The van der Waals surface area contributed by atoms with Crippen LogP contribution in [0.4, 0.5) is 0 Å². The van der Waals surface area contributed by atoms with Gasteiger partial charge in [0.15, 0.2) is 11.8 Å². The van der Waals surface area contributed by atoms with Gasteiger partial charge in [0.2, 0.25) is 11.4 Å². The van der Waals surface area contributed by atoms with Crippen LogP contribution in [0.5, 0.6) is 0 Å². The monoisotopic (exact) mass is 347 g/mol. The molecular weight excluding hydrogens is 320 g/mol. The van der Waals surface area contributed by atoms with Crippen LogP contribution in [0.1, 0.15) is 34.6 Å². The zero-order valence-corrected chi connectivity index (χ0v) is 15.9. The highest BCUT2D eigenvalue weighted by atomic mass is 16.3. The molecule has 4 aromatic rings. The predicted octanol–water partition coefficient (Wildman–Crippen LogP) is 5.37. The lowest BCUT2D eigenvalue weighted by molar-refractivity contribution is -0.660. The Bertz CT molecular complexity index is 1200. The van der Waals surface area contributed by atoms with Crippen LogP contribution >= 0.6 is 0 Å². The summed E-state index contributed by atoms with van der Waals surface area (Å²) in [5.41, 5.74) is 4.53. The fraction of sp³-hybridized carbons (Fsp3) is 0.304. The van der Waals surface area contributed by atoms with Crippen molar-refractivity contribution in [1.82, 2.24) is 4.98 Å². The molecule has 3 heterocycles. The number of nitrogens with zero attached hydrogens (tertiary/aromatic N) is 2. The fourth-order valence-corrected chi connectivity index (χ4v) is 3.42. The summed E-state index contributed by atoms with van der Waals surface area (Å²) in [5, 5.41) is 2.01. The molecule has 3 nitrogen and oxygen atoms in total. The second-order valence-electron chi connectivity index (χ2n) is 7.88. The molecule has 0 N–H and O–H groups in total. The number of pyridine rings is 2. The van der Waals surface area contributed by atoms with Gasteiger partial charge in [0.05, 0.1) is 5.56 Å². The van der Waals surface area contributed by atoms with Gasteiger partial charge in [-0.3, -0.25) is 0 Å². The molecule has 0 aliphatic rings. The Balaban J connectivity index is 2.03. The van der Waals surface area contributed by atoms with Gasteiger partial charge >= 0.3 is 0 Å². The molecule has 0 atom stereocenters. The average molecular weight is 347 g/mol. The van der Waals surface area contributed by atoms with E-state index in [-0.39, 0.29) is 0 Å². The molecule has 1 aromatic carbocycles. The molecule has 0 fully saturated rings. The molecule has 4 rings (SSSR count). The summed E-state index contributed by atoms with van der Waals surface area (Å²) in [5.74, 6) is 0. The second kappa shape index (κ2) is 5.94. The number of aromatic nitrogens is 2. The van der Waals surface area contributed by atoms with E-state index in [1.807, 2.05) is 62.8 Å². The van der Waals surface area contributed by atoms with Crippen molar-refractivity contribution in [2.75, 3.05) is 0 Å². The van der Waals surface area contributed by atoms with Crippen LogP contribution in [-0.2, 0) is 13.4 Å². The van der Waals surface area contributed by atoms with E-state index in [9.17, 15) is 0 Å². The molecule has 3 heteroatoms. The van der Waals surface area contributed by atoms with Gasteiger partial charge in [-0.05, 0) is 42.0 Å². The van der Waals surface area contributed by atoms with Gasteiger partial charge in [-0.15, -0.1) is 0 Å². The lowest BCUT2D eigenvalue weighted by atomic mass is 9.88. The lowest BCUT2D eigenvalue weighted by Crippen LogP contribution is -2.31. The van der Waals surface area contributed by atoms with Crippen molar-refractivity contribution < 1.29 is 11.7 Å². The summed E-state index contributed by atoms with van der Waals surface area (Å²) in [6.07, 6.45) is 2.19. The number of benzene rings is 1. The van der Waals surface area contributed by atoms with E-state index in [1.165, 1.54) is 0 Å². The molecule has 26 heavy (non-hydrogen) atoms. The molecule has 0 unspecified atom stereocenters. The van der Waals surface area contributed by atoms with Crippen molar-refractivity contribution in [3.8, 4) is 11.3 Å². The lowest BCUT2D eigenvalue weighted by Gasteiger charge is -2.18. The van der Waals surface area contributed by atoms with Gasteiger partial charge in [0, 0.05) is 31.8 Å². The SMILES string of the molecule is [2H]C([2H])(c1cc[n+](C)c(-c2c(C)ccc3c2oc2ncccc23)c1)C(C)(C)C. The maximum absolute atomic E-state index is 8.68. The largest absolute Gasteiger partial charge is 0.437 e. The summed E-state index contributed by atoms with van der Waals surface area (Å²) < 4.78 is 25.5. The third-order valence-corrected chi connectivity index (χ3v) is 4.55. The minimum Gasteiger partial charge on any atom is -0.437 e. The Morgan fingerprint density at radius 2 is 1.96 bits per heavy atom. The van der Waals surface area contributed by atoms with E-state index < -0.39 is 11.8 Å². The normalized spacial score (nSPS) is 13.9. The first-order valence-corrected chi connectivity index (χ1v) is 8.88.